The van der Waals surface area contributed by atoms with Gasteiger partial charge in [0.05, 0.1) is 6.07 Å². The van der Waals surface area contributed by atoms with E-state index in [0.29, 0.717) is 0 Å². The lowest BCUT2D eigenvalue weighted by atomic mass is 10.1. The fraction of sp³-hybridized carbons (Fsp3) is 0.909. The van der Waals surface area contributed by atoms with E-state index in [4.69, 9.17) is 10.00 Å². The summed E-state index contributed by atoms with van der Waals surface area (Å²) in [7, 11) is 0. The molecule has 0 N–H and O–H groups in total. The van der Waals surface area contributed by atoms with Crippen LogP contribution in [0.5, 0.6) is 0 Å². The second kappa shape index (κ2) is 8.07. The lowest BCUT2D eigenvalue weighted by Crippen LogP contribution is -2.05. The summed E-state index contributed by atoms with van der Waals surface area (Å²) in [6.07, 6.45) is 4.63. The molecule has 0 saturated carbocycles. The van der Waals surface area contributed by atoms with E-state index in [9.17, 15) is 0 Å². The zero-order chi connectivity index (χ0) is 10.1. The molecule has 0 spiro atoms. The minimum Gasteiger partial charge on any atom is -0.364 e. The van der Waals surface area contributed by atoms with Gasteiger partial charge in [-0.1, -0.05) is 33.1 Å². The maximum absolute atomic E-state index is 8.44. The molecule has 0 fully saturated rings. The fourth-order valence-electron chi connectivity index (χ4n) is 1.13. The third-order valence-corrected chi connectivity index (χ3v) is 1.98. The molecule has 0 amide bonds. The highest BCUT2D eigenvalue weighted by Crippen LogP contribution is 2.08. The summed E-state index contributed by atoms with van der Waals surface area (Å²) in [5, 5.41) is 8.44. The first-order valence-corrected chi connectivity index (χ1v) is 5.18. The predicted octanol–water partition coefficient (Wildman–Crippen LogP) is 3.13. The van der Waals surface area contributed by atoms with Crippen molar-refractivity contribution in [3.05, 3.63) is 0 Å². The Morgan fingerprint density at radius 2 is 1.85 bits per heavy atom. The van der Waals surface area contributed by atoms with E-state index >= 15 is 0 Å². The van der Waals surface area contributed by atoms with Gasteiger partial charge in [-0.05, 0) is 19.3 Å². The molecule has 0 aliphatic carbocycles. The normalized spacial score (nSPS) is 12.8. The first kappa shape index (κ1) is 12.4. The Balaban J connectivity index is 3.05. The van der Waals surface area contributed by atoms with Gasteiger partial charge in [-0.2, -0.15) is 5.26 Å². The minimum atomic E-state index is -0.245. The molecule has 0 aliphatic heterocycles. The smallest absolute Gasteiger partial charge is 0.141 e. The first-order chi connectivity index (χ1) is 6.16. The zero-order valence-electron chi connectivity index (χ0n) is 9.05. The second-order valence-corrected chi connectivity index (χ2v) is 3.89. The Kier molecular flexibility index (Phi) is 7.73. The number of nitriles is 1. The maximum Gasteiger partial charge on any atom is 0.141 e. The van der Waals surface area contributed by atoms with E-state index in [0.717, 1.165) is 18.9 Å². The SMILES string of the molecule is CC(C)CCCCCOC(C)C#N. The molecule has 0 bridgehead atoms. The summed E-state index contributed by atoms with van der Waals surface area (Å²) in [5.74, 6) is 0.805. The van der Waals surface area contributed by atoms with E-state index in [1.165, 1.54) is 19.3 Å². The van der Waals surface area contributed by atoms with E-state index in [1.807, 2.05) is 0 Å². The van der Waals surface area contributed by atoms with Crippen molar-refractivity contribution in [2.75, 3.05) is 6.61 Å². The van der Waals surface area contributed by atoms with Crippen molar-refractivity contribution in [2.24, 2.45) is 5.92 Å². The van der Waals surface area contributed by atoms with Gasteiger partial charge in [0.15, 0.2) is 0 Å². The van der Waals surface area contributed by atoms with E-state index in [-0.39, 0.29) is 6.10 Å². The molecule has 0 aliphatic rings. The summed E-state index contributed by atoms with van der Waals surface area (Å²) in [5.41, 5.74) is 0. The summed E-state index contributed by atoms with van der Waals surface area (Å²) < 4.78 is 5.24. The van der Waals surface area contributed by atoms with Crippen LogP contribution in [-0.2, 0) is 4.74 Å². The van der Waals surface area contributed by atoms with E-state index in [1.54, 1.807) is 6.92 Å². The highest BCUT2D eigenvalue weighted by molar-refractivity contribution is 4.78. The molecule has 0 rings (SSSR count). The van der Waals surface area contributed by atoms with Crippen molar-refractivity contribution in [1.82, 2.24) is 0 Å². The largest absolute Gasteiger partial charge is 0.364 e. The molecule has 0 saturated heterocycles. The average Bonchev–Trinajstić information content (AvgIpc) is 2.10. The van der Waals surface area contributed by atoms with Gasteiger partial charge in [0, 0.05) is 6.61 Å². The van der Waals surface area contributed by atoms with Crippen molar-refractivity contribution >= 4 is 0 Å². The molecular formula is C11H21NO. The van der Waals surface area contributed by atoms with Gasteiger partial charge in [-0.25, -0.2) is 0 Å². The third-order valence-electron chi connectivity index (χ3n) is 1.98. The molecule has 0 heterocycles. The molecule has 1 unspecified atom stereocenters. The Bertz CT molecular complexity index is 149. The molecule has 76 valence electrons. The van der Waals surface area contributed by atoms with Crippen LogP contribution in [-0.4, -0.2) is 12.7 Å². The van der Waals surface area contributed by atoms with Crippen LogP contribution >= 0.6 is 0 Å². The van der Waals surface area contributed by atoms with Gasteiger partial charge >= 0.3 is 0 Å². The minimum absolute atomic E-state index is 0.245. The van der Waals surface area contributed by atoms with Crippen LogP contribution in [0, 0.1) is 17.2 Å². The summed E-state index contributed by atoms with van der Waals surface area (Å²) >= 11 is 0. The van der Waals surface area contributed by atoms with Crippen LogP contribution in [0.1, 0.15) is 46.5 Å². The number of ether oxygens (including phenoxy) is 1. The number of rotatable bonds is 7. The van der Waals surface area contributed by atoms with Crippen molar-refractivity contribution in [1.29, 1.82) is 5.26 Å². The summed E-state index contributed by atoms with van der Waals surface area (Å²) in [6, 6.07) is 2.05. The topological polar surface area (TPSA) is 33.0 Å². The molecule has 13 heavy (non-hydrogen) atoms. The van der Waals surface area contributed by atoms with Crippen LogP contribution in [0.15, 0.2) is 0 Å². The highest BCUT2D eigenvalue weighted by Gasteiger charge is 1.98. The van der Waals surface area contributed by atoms with Gasteiger partial charge in [0.25, 0.3) is 0 Å². The monoisotopic (exact) mass is 183 g/mol. The van der Waals surface area contributed by atoms with Crippen LogP contribution in [0.2, 0.25) is 0 Å². The fourth-order valence-corrected chi connectivity index (χ4v) is 1.13. The van der Waals surface area contributed by atoms with Crippen LogP contribution in [0.25, 0.3) is 0 Å². The van der Waals surface area contributed by atoms with Crippen molar-refractivity contribution in [3.63, 3.8) is 0 Å². The molecule has 0 radical (unpaired) electrons. The summed E-state index contributed by atoms with van der Waals surface area (Å²) in [4.78, 5) is 0. The Labute approximate surface area is 81.9 Å². The lowest BCUT2D eigenvalue weighted by molar-refractivity contribution is 0.0983. The lowest BCUT2D eigenvalue weighted by Gasteiger charge is -2.06. The highest BCUT2D eigenvalue weighted by atomic mass is 16.5. The van der Waals surface area contributed by atoms with E-state index < -0.39 is 0 Å². The molecular weight excluding hydrogens is 162 g/mol. The standard InChI is InChI=1S/C11H21NO/c1-10(2)7-5-4-6-8-13-11(3)9-12/h10-11H,4-8H2,1-3H3. The van der Waals surface area contributed by atoms with E-state index in [2.05, 4.69) is 19.9 Å². The van der Waals surface area contributed by atoms with Crippen molar-refractivity contribution in [2.45, 2.75) is 52.6 Å². The zero-order valence-corrected chi connectivity index (χ0v) is 9.05. The molecule has 0 aromatic carbocycles. The molecule has 0 aromatic rings. The maximum atomic E-state index is 8.44. The number of hydrogen-bond donors (Lipinski definition) is 0. The Morgan fingerprint density at radius 1 is 1.15 bits per heavy atom. The van der Waals surface area contributed by atoms with Crippen molar-refractivity contribution in [3.8, 4) is 6.07 Å². The number of hydrogen-bond acceptors (Lipinski definition) is 2. The predicted molar refractivity (Wildman–Crippen MR) is 54.3 cm³/mol. The molecule has 1 atom stereocenters. The molecule has 2 heteroatoms. The first-order valence-electron chi connectivity index (χ1n) is 5.18. The van der Waals surface area contributed by atoms with Crippen molar-refractivity contribution < 1.29 is 4.74 Å². The molecule has 0 aromatic heterocycles. The van der Waals surface area contributed by atoms with Crippen LogP contribution < -0.4 is 0 Å². The number of unbranched alkanes of at least 4 members (excludes halogenated alkanes) is 2. The Hall–Kier alpha value is -0.550. The van der Waals surface area contributed by atoms with Gasteiger partial charge < -0.3 is 4.74 Å². The third kappa shape index (κ3) is 9.36. The van der Waals surface area contributed by atoms with Gasteiger partial charge in [-0.3, -0.25) is 0 Å². The van der Waals surface area contributed by atoms with Crippen LogP contribution in [0.4, 0.5) is 0 Å². The van der Waals surface area contributed by atoms with Crippen LogP contribution in [0.3, 0.4) is 0 Å². The Morgan fingerprint density at radius 3 is 2.38 bits per heavy atom. The quantitative estimate of drug-likeness (QED) is 0.568. The summed E-state index contributed by atoms with van der Waals surface area (Å²) in [6.45, 7) is 7.00. The van der Waals surface area contributed by atoms with Gasteiger partial charge in [0.1, 0.15) is 6.10 Å². The van der Waals surface area contributed by atoms with Gasteiger partial charge in [-0.15, -0.1) is 0 Å². The molecule has 2 nitrogen and oxygen atoms in total. The van der Waals surface area contributed by atoms with Gasteiger partial charge in [0.2, 0.25) is 0 Å². The average molecular weight is 183 g/mol. The second-order valence-electron chi connectivity index (χ2n) is 3.89. The number of nitrogens with zero attached hydrogens (tertiary/aromatic N) is 1.